The van der Waals surface area contributed by atoms with Crippen LogP contribution >= 0.6 is 0 Å². The summed E-state index contributed by atoms with van der Waals surface area (Å²) in [5.41, 5.74) is 0. The van der Waals surface area contributed by atoms with Crippen LogP contribution in [0.3, 0.4) is 0 Å². The van der Waals surface area contributed by atoms with Gasteiger partial charge in [0.2, 0.25) is 6.41 Å². The molecule has 1 amide bonds. The number of hydroxylamine groups is 2. The summed E-state index contributed by atoms with van der Waals surface area (Å²) in [7, 11) is 0. The molecule has 0 radical (unpaired) electrons. The van der Waals surface area contributed by atoms with Gasteiger partial charge in [-0.1, -0.05) is 6.58 Å². The quantitative estimate of drug-likeness (QED) is 0.319. The molecule has 10 heavy (non-hydrogen) atoms. The molecule has 0 N–H and O–H groups in total. The first-order valence-electron chi connectivity index (χ1n) is 2.80. The fourth-order valence-corrected chi connectivity index (χ4v) is 0.313. The molecule has 0 saturated carbocycles. The van der Waals surface area contributed by atoms with Gasteiger partial charge in [-0.3, -0.25) is 4.79 Å². The van der Waals surface area contributed by atoms with Gasteiger partial charge >= 0.3 is 5.97 Å². The topological polar surface area (TPSA) is 46.6 Å². The number of amides is 1. The first-order valence-corrected chi connectivity index (χ1v) is 2.80. The number of rotatable bonds is 4. The Morgan fingerprint density at radius 3 is 2.70 bits per heavy atom. The maximum Gasteiger partial charge on any atom is 0.355 e. The Morgan fingerprint density at radius 1 is 1.80 bits per heavy atom. The number of hydrogen-bond acceptors (Lipinski definition) is 3. The standard InChI is InChI=1S/C6H9NO3/c1-3-6(9)10-7(4-2)5-8/h3,5H,1,4H2,2H3. The van der Waals surface area contributed by atoms with Gasteiger partial charge < -0.3 is 4.84 Å². The van der Waals surface area contributed by atoms with E-state index in [1.54, 1.807) is 6.92 Å². The van der Waals surface area contributed by atoms with E-state index in [0.717, 1.165) is 11.1 Å². The first kappa shape index (κ1) is 8.68. The number of carbonyl (C=O) groups is 2. The van der Waals surface area contributed by atoms with E-state index in [-0.39, 0.29) is 0 Å². The third-order valence-corrected chi connectivity index (χ3v) is 0.803. The normalized spacial score (nSPS) is 8.10. The zero-order chi connectivity index (χ0) is 7.98. The highest BCUT2D eigenvalue weighted by Gasteiger charge is 2.01. The van der Waals surface area contributed by atoms with E-state index in [2.05, 4.69) is 11.4 Å². The molecule has 0 aromatic heterocycles. The van der Waals surface area contributed by atoms with Gasteiger partial charge in [0.15, 0.2) is 0 Å². The van der Waals surface area contributed by atoms with Gasteiger partial charge in [0.05, 0.1) is 6.54 Å². The molecule has 0 unspecified atom stereocenters. The minimum atomic E-state index is -0.631. The molecular weight excluding hydrogens is 134 g/mol. The highest BCUT2D eigenvalue weighted by molar-refractivity contribution is 5.81. The average molecular weight is 143 g/mol. The highest BCUT2D eigenvalue weighted by Crippen LogP contribution is 1.85. The number of carbonyl (C=O) groups excluding carboxylic acids is 2. The van der Waals surface area contributed by atoms with E-state index < -0.39 is 5.97 Å². The first-order chi connectivity index (χ1) is 4.74. The Balaban J connectivity index is 3.73. The molecule has 0 rings (SSSR count). The van der Waals surface area contributed by atoms with Crippen LogP contribution in [-0.2, 0) is 14.4 Å². The van der Waals surface area contributed by atoms with Gasteiger partial charge in [-0.15, -0.1) is 0 Å². The lowest BCUT2D eigenvalue weighted by Crippen LogP contribution is -2.24. The average Bonchev–Trinajstić information content (AvgIpc) is 1.99. The molecule has 0 aromatic carbocycles. The lowest BCUT2D eigenvalue weighted by molar-refractivity contribution is -0.184. The van der Waals surface area contributed by atoms with Crippen molar-refractivity contribution >= 4 is 12.4 Å². The van der Waals surface area contributed by atoms with Crippen molar-refractivity contribution in [1.29, 1.82) is 0 Å². The maximum atomic E-state index is 10.4. The van der Waals surface area contributed by atoms with Crippen molar-refractivity contribution in [3.8, 4) is 0 Å². The second-order valence-corrected chi connectivity index (χ2v) is 1.45. The molecule has 0 fully saturated rings. The molecule has 0 aliphatic heterocycles. The molecule has 0 atom stereocenters. The SMILES string of the molecule is C=CC(=O)ON(C=O)CC. The summed E-state index contributed by atoms with van der Waals surface area (Å²) < 4.78 is 0. The summed E-state index contributed by atoms with van der Waals surface area (Å²) in [4.78, 5) is 24.8. The lowest BCUT2D eigenvalue weighted by atomic mass is 10.7. The van der Waals surface area contributed by atoms with E-state index >= 15 is 0 Å². The number of hydrogen-bond donors (Lipinski definition) is 0. The Kier molecular flexibility index (Phi) is 3.95. The van der Waals surface area contributed by atoms with Gasteiger partial charge in [-0.05, 0) is 6.92 Å². The van der Waals surface area contributed by atoms with E-state index in [4.69, 9.17) is 0 Å². The van der Waals surface area contributed by atoms with Crippen molar-refractivity contribution in [2.45, 2.75) is 6.92 Å². The molecule has 0 spiro atoms. The molecule has 0 aliphatic carbocycles. The van der Waals surface area contributed by atoms with E-state index in [0.29, 0.717) is 13.0 Å². The Bertz CT molecular complexity index is 144. The smallest absolute Gasteiger partial charge is 0.334 e. The van der Waals surface area contributed by atoms with Crippen molar-refractivity contribution < 1.29 is 14.4 Å². The monoisotopic (exact) mass is 143 g/mol. The van der Waals surface area contributed by atoms with E-state index in [9.17, 15) is 9.59 Å². The van der Waals surface area contributed by atoms with Crippen molar-refractivity contribution in [3.63, 3.8) is 0 Å². The van der Waals surface area contributed by atoms with Gasteiger partial charge in [0, 0.05) is 6.08 Å². The molecule has 0 bridgehead atoms. The van der Waals surface area contributed by atoms with Crippen LogP contribution in [0.4, 0.5) is 0 Å². The number of nitrogens with zero attached hydrogens (tertiary/aromatic N) is 1. The van der Waals surface area contributed by atoms with Crippen LogP contribution in [0.5, 0.6) is 0 Å². The van der Waals surface area contributed by atoms with E-state index in [1.807, 2.05) is 0 Å². The zero-order valence-electron chi connectivity index (χ0n) is 5.74. The van der Waals surface area contributed by atoms with Crippen LogP contribution in [0.15, 0.2) is 12.7 Å². The molecule has 4 nitrogen and oxygen atoms in total. The zero-order valence-corrected chi connectivity index (χ0v) is 5.74. The molecule has 0 saturated heterocycles. The fraction of sp³-hybridized carbons (Fsp3) is 0.333. The summed E-state index contributed by atoms with van der Waals surface area (Å²) in [5.74, 6) is -0.631. The minimum absolute atomic E-state index is 0.336. The summed E-state index contributed by atoms with van der Waals surface area (Å²) in [6.45, 7) is 5.19. The van der Waals surface area contributed by atoms with Gasteiger partial charge in [-0.2, -0.15) is 5.06 Å². The molecule has 56 valence electrons. The Hall–Kier alpha value is -1.32. The lowest BCUT2D eigenvalue weighted by Gasteiger charge is -2.11. The fourth-order valence-electron chi connectivity index (χ4n) is 0.313. The third kappa shape index (κ3) is 2.86. The minimum Gasteiger partial charge on any atom is -0.334 e. The summed E-state index contributed by atoms with van der Waals surface area (Å²) in [5, 5.41) is 0.879. The van der Waals surface area contributed by atoms with Gasteiger partial charge in [0.25, 0.3) is 0 Å². The van der Waals surface area contributed by atoms with Crippen LogP contribution < -0.4 is 0 Å². The predicted octanol–water partition coefficient (Wildman–Crippen LogP) is 0.109. The maximum absolute atomic E-state index is 10.4. The van der Waals surface area contributed by atoms with Crippen LogP contribution in [0.2, 0.25) is 0 Å². The molecule has 0 heterocycles. The highest BCUT2D eigenvalue weighted by atomic mass is 16.7. The van der Waals surface area contributed by atoms with Crippen LogP contribution in [0, 0.1) is 0 Å². The molecule has 0 aromatic rings. The molecular formula is C6H9NO3. The Labute approximate surface area is 59.0 Å². The second kappa shape index (κ2) is 4.55. The van der Waals surface area contributed by atoms with Crippen molar-refractivity contribution in [1.82, 2.24) is 5.06 Å². The van der Waals surface area contributed by atoms with Gasteiger partial charge in [0.1, 0.15) is 0 Å². The predicted molar refractivity (Wildman–Crippen MR) is 34.7 cm³/mol. The van der Waals surface area contributed by atoms with Crippen molar-refractivity contribution in [2.24, 2.45) is 0 Å². The summed E-state index contributed by atoms with van der Waals surface area (Å²) in [6, 6.07) is 0. The third-order valence-electron chi connectivity index (χ3n) is 0.803. The van der Waals surface area contributed by atoms with Crippen molar-refractivity contribution in [3.05, 3.63) is 12.7 Å². The largest absolute Gasteiger partial charge is 0.355 e. The second-order valence-electron chi connectivity index (χ2n) is 1.45. The molecule has 4 heteroatoms. The van der Waals surface area contributed by atoms with Crippen LogP contribution in [0.25, 0.3) is 0 Å². The summed E-state index contributed by atoms with van der Waals surface area (Å²) in [6.07, 6.45) is 1.42. The van der Waals surface area contributed by atoms with E-state index in [1.165, 1.54) is 0 Å². The van der Waals surface area contributed by atoms with Gasteiger partial charge in [-0.25, -0.2) is 4.79 Å². The van der Waals surface area contributed by atoms with Crippen molar-refractivity contribution in [2.75, 3.05) is 6.54 Å². The van der Waals surface area contributed by atoms with Crippen LogP contribution in [-0.4, -0.2) is 24.0 Å². The molecule has 0 aliphatic rings. The summed E-state index contributed by atoms with van der Waals surface area (Å²) >= 11 is 0. The Morgan fingerprint density at radius 2 is 2.40 bits per heavy atom. The van der Waals surface area contributed by atoms with Crippen LogP contribution in [0.1, 0.15) is 6.92 Å².